The smallest absolute Gasteiger partial charge is 0.274 e. The molecule has 1 aliphatic heterocycles. The van der Waals surface area contributed by atoms with E-state index in [9.17, 15) is 4.79 Å². The van der Waals surface area contributed by atoms with Crippen molar-refractivity contribution in [3.8, 4) is 6.07 Å². The Kier molecular flexibility index (Phi) is 5.24. The second-order valence-corrected chi connectivity index (χ2v) is 6.10. The third-order valence-corrected chi connectivity index (χ3v) is 4.53. The van der Waals surface area contributed by atoms with Crippen LogP contribution < -0.4 is 10.2 Å². The average molecular weight is 335 g/mol. The SMILES string of the molecule is CCC1CCCCN1c1nccc(C(=O)Nc2ccccc2C#N)n1. The third kappa shape index (κ3) is 3.77. The summed E-state index contributed by atoms with van der Waals surface area (Å²) in [4.78, 5) is 23.6. The van der Waals surface area contributed by atoms with E-state index >= 15 is 0 Å². The number of amides is 1. The molecule has 1 unspecified atom stereocenters. The molecular weight excluding hydrogens is 314 g/mol. The lowest BCUT2D eigenvalue weighted by Gasteiger charge is -2.35. The number of piperidine rings is 1. The van der Waals surface area contributed by atoms with Gasteiger partial charge in [0.05, 0.1) is 11.3 Å². The van der Waals surface area contributed by atoms with Crippen LogP contribution in [0.5, 0.6) is 0 Å². The third-order valence-electron chi connectivity index (χ3n) is 4.53. The minimum Gasteiger partial charge on any atom is -0.338 e. The lowest BCUT2D eigenvalue weighted by Crippen LogP contribution is -2.40. The number of nitrogens with one attached hydrogen (secondary N) is 1. The second kappa shape index (κ2) is 7.75. The molecule has 0 bridgehead atoms. The molecule has 128 valence electrons. The molecule has 0 radical (unpaired) electrons. The first-order chi connectivity index (χ1) is 12.2. The van der Waals surface area contributed by atoms with Crippen LogP contribution in [0.2, 0.25) is 0 Å². The molecule has 1 aliphatic rings. The number of nitrogens with zero attached hydrogens (tertiary/aromatic N) is 4. The molecular formula is C19H21N5O. The topological polar surface area (TPSA) is 81.9 Å². The summed E-state index contributed by atoms with van der Waals surface area (Å²) >= 11 is 0. The van der Waals surface area contributed by atoms with Gasteiger partial charge in [-0.1, -0.05) is 19.1 Å². The minimum absolute atomic E-state index is 0.304. The molecule has 6 heteroatoms. The Hall–Kier alpha value is -2.94. The first kappa shape index (κ1) is 16.9. The van der Waals surface area contributed by atoms with E-state index in [0.717, 1.165) is 25.8 Å². The number of hydrogen-bond donors (Lipinski definition) is 1. The highest BCUT2D eigenvalue weighted by Gasteiger charge is 2.23. The fraction of sp³-hybridized carbons (Fsp3) is 0.368. The predicted molar refractivity (Wildman–Crippen MR) is 96.4 cm³/mol. The zero-order valence-corrected chi connectivity index (χ0v) is 14.3. The number of para-hydroxylation sites is 1. The molecule has 0 spiro atoms. The second-order valence-electron chi connectivity index (χ2n) is 6.10. The summed E-state index contributed by atoms with van der Waals surface area (Å²) in [5.74, 6) is 0.268. The molecule has 1 aromatic carbocycles. The van der Waals surface area contributed by atoms with Crippen LogP contribution in [0.1, 0.15) is 48.7 Å². The Bertz CT molecular complexity index is 798. The highest BCUT2D eigenvalue weighted by atomic mass is 16.1. The van der Waals surface area contributed by atoms with Crippen LogP contribution in [0, 0.1) is 11.3 Å². The number of carbonyl (C=O) groups excluding carboxylic acids is 1. The van der Waals surface area contributed by atoms with Crippen LogP contribution in [0.4, 0.5) is 11.6 Å². The fourth-order valence-corrected chi connectivity index (χ4v) is 3.18. The maximum Gasteiger partial charge on any atom is 0.274 e. The summed E-state index contributed by atoms with van der Waals surface area (Å²) in [7, 11) is 0. The molecule has 2 aromatic rings. The average Bonchev–Trinajstić information content (AvgIpc) is 2.68. The van der Waals surface area contributed by atoms with Crippen LogP contribution in [0.25, 0.3) is 0 Å². The molecule has 1 N–H and O–H groups in total. The van der Waals surface area contributed by atoms with Crippen molar-refractivity contribution in [3.05, 3.63) is 47.8 Å². The molecule has 1 amide bonds. The number of rotatable bonds is 4. The summed E-state index contributed by atoms with van der Waals surface area (Å²) in [5.41, 5.74) is 1.21. The van der Waals surface area contributed by atoms with E-state index in [1.165, 1.54) is 6.42 Å². The van der Waals surface area contributed by atoms with Crippen LogP contribution in [-0.4, -0.2) is 28.5 Å². The zero-order valence-electron chi connectivity index (χ0n) is 14.3. The maximum atomic E-state index is 12.5. The van der Waals surface area contributed by atoms with Crippen molar-refractivity contribution in [3.63, 3.8) is 0 Å². The van der Waals surface area contributed by atoms with Crippen LogP contribution in [0.3, 0.4) is 0 Å². The summed E-state index contributed by atoms with van der Waals surface area (Å²) in [6, 6.07) is 11.0. The predicted octanol–water partition coefficient (Wildman–Crippen LogP) is 3.37. The molecule has 0 aliphatic carbocycles. The van der Waals surface area contributed by atoms with Gasteiger partial charge in [0.15, 0.2) is 0 Å². The van der Waals surface area contributed by atoms with Gasteiger partial charge in [-0.15, -0.1) is 0 Å². The van der Waals surface area contributed by atoms with E-state index in [2.05, 4.69) is 33.2 Å². The number of carbonyl (C=O) groups is 1. The highest BCUT2D eigenvalue weighted by Crippen LogP contribution is 2.24. The summed E-state index contributed by atoms with van der Waals surface area (Å²) in [6.45, 7) is 3.08. The monoisotopic (exact) mass is 335 g/mol. The van der Waals surface area contributed by atoms with Gasteiger partial charge < -0.3 is 10.2 Å². The van der Waals surface area contributed by atoms with Crippen LogP contribution >= 0.6 is 0 Å². The Morgan fingerprint density at radius 3 is 3.00 bits per heavy atom. The van der Waals surface area contributed by atoms with Crippen LogP contribution in [-0.2, 0) is 0 Å². The molecule has 1 saturated heterocycles. The van der Waals surface area contributed by atoms with E-state index in [4.69, 9.17) is 5.26 Å². The van der Waals surface area contributed by atoms with Gasteiger partial charge in [-0.25, -0.2) is 9.97 Å². The first-order valence-corrected chi connectivity index (χ1v) is 8.63. The van der Waals surface area contributed by atoms with Crippen LogP contribution in [0.15, 0.2) is 36.5 Å². The minimum atomic E-state index is -0.337. The molecule has 25 heavy (non-hydrogen) atoms. The van der Waals surface area contributed by atoms with Gasteiger partial charge in [0.1, 0.15) is 11.8 Å². The molecule has 6 nitrogen and oxygen atoms in total. The first-order valence-electron chi connectivity index (χ1n) is 8.63. The lowest BCUT2D eigenvalue weighted by molar-refractivity contribution is 0.102. The molecule has 2 heterocycles. The summed E-state index contributed by atoms with van der Waals surface area (Å²) in [6.07, 6.45) is 6.13. The van der Waals surface area contributed by atoms with E-state index in [-0.39, 0.29) is 5.91 Å². The van der Waals surface area contributed by atoms with Gasteiger partial charge in [-0.2, -0.15) is 5.26 Å². The Morgan fingerprint density at radius 2 is 2.20 bits per heavy atom. The number of nitriles is 1. The molecule has 0 saturated carbocycles. The Labute approximate surface area is 147 Å². The number of hydrogen-bond acceptors (Lipinski definition) is 5. The number of anilines is 2. The van der Waals surface area contributed by atoms with Crippen molar-refractivity contribution < 1.29 is 4.79 Å². The Balaban J connectivity index is 1.81. The van der Waals surface area contributed by atoms with E-state index in [0.29, 0.717) is 28.9 Å². The largest absolute Gasteiger partial charge is 0.338 e. The number of benzene rings is 1. The van der Waals surface area contributed by atoms with Crippen molar-refractivity contribution in [1.82, 2.24) is 9.97 Å². The Morgan fingerprint density at radius 1 is 1.36 bits per heavy atom. The van der Waals surface area contributed by atoms with E-state index in [1.807, 2.05) is 0 Å². The summed E-state index contributed by atoms with van der Waals surface area (Å²) < 4.78 is 0. The van der Waals surface area contributed by atoms with E-state index in [1.54, 1.807) is 36.5 Å². The lowest BCUT2D eigenvalue weighted by atomic mass is 10.0. The molecule has 3 rings (SSSR count). The van der Waals surface area contributed by atoms with Gasteiger partial charge in [0, 0.05) is 18.8 Å². The summed E-state index contributed by atoms with van der Waals surface area (Å²) in [5, 5.41) is 11.9. The fourth-order valence-electron chi connectivity index (χ4n) is 3.18. The van der Waals surface area contributed by atoms with E-state index < -0.39 is 0 Å². The van der Waals surface area contributed by atoms with Crippen molar-refractivity contribution in [2.75, 3.05) is 16.8 Å². The highest BCUT2D eigenvalue weighted by molar-refractivity contribution is 6.03. The molecule has 1 fully saturated rings. The zero-order chi connectivity index (χ0) is 17.6. The normalized spacial score (nSPS) is 17.0. The van der Waals surface area contributed by atoms with Crippen molar-refractivity contribution >= 4 is 17.5 Å². The number of aromatic nitrogens is 2. The maximum absolute atomic E-state index is 12.5. The van der Waals surface area contributed by atoms with Gasteiger partial charge in [-0.05, 0) is 43.9 Å². The van der Waals surface area contributed by atoms with Crippen molar-refractivity contribution in [2.24, 2.45) is 0 Å². The molecule has 1 aromatic heterocycles. The standard InChI is InChI=1S/C19H21N5O/c1-2-15-8-5-6-12-24(15)19-21-11-10-17(23-19)18(25)22-16-9-4-3-7-14(16)13-20/h3-4,7,9-11,15H,2,5-6,8,12H2,1H3,(H,22,25). The van der Waals surface area contributed by atoms with Gasteiger partial charge in [-0.3, -0.25) is 4.79 Å². The van der Waals surface area contributed by atoms with Crippen molar-refractivity contribution in [2.45, 2.75) is 38.6 Å². The van der Waals surface area contributed by atoms with Gasteiger partial charge >= 0.3 is 0 Å². The van der Waals surface area contributed by atoms with Gasteiger partial charge in [0.25, 0.3) is 5.91 Å². The van der Waals surface area contributed by atoms with Gasteiger partial charge in [0.2, 0.25) is 5.95 Å². The quantitative estimate of drug-likeness (QED) is 0.926. The molecule has 1 atom stereocenters. The van der Waals surface area contributed by atoms with Crippen molar-refractivity contribution in [1.29, 1.82) is 5.26 Å².